The predicted molar refractivity (Wildman–Crippen MR) is 116 cm³/mol. The lowest BCUT2D eigenvalue weighted by Crippen LogP contribution is -2.06. The SMILES string of the molecule is COc1ccc(/C=N\Nc2ccc([N+](=O)[O-])cc2)cc1Cn1nc(C)c(Br)c1C. The van der Waals surface area contributed by atoms with Crippen LogP contribution in [0, 0.1) is 24.0 Å². The van der Waals surface area contributed by atoms with E-state index in [9.17, 15) is 10.1 Å². The second-order valence-corrected chi connectivity index (χ2v) is 7.18. The number of hydrazone groups is 1. The van der Waals surface area contributed by atoms with E-state index in [2.05, 4.69) is 31.6 Å². The molecule has 0 aliphatic heterocycles. The lowest BCUT2D eigenvalue weighted by atomic mass is 10.1. The van der Waals surface area contributed by atoms with E-state index >= 15 is 0 Å². The number of aryl methyl sites for hydroxylation is 1. The van der Waals surface area contributed by atoms with Crippen LogP contribution < -0.4 is 10.2 Å². The van der Waals surface area contributed by atoms with Gasteiger partial charge in [-0.2, -0.15) is 10.2 Å². The highest BCUT2D eigenvalue weighted by molar-refractivity contribution is 9.10. The first-order valence-corrected chi connectivity index (χ1v) is 9.58. The van der Waals surface area contributed by atoms with Crippen molar-refractivity contribution in [1.82, 2.24) is 9.78 Å². The number of anilines is 1. The molecule has 0 bridgehead atoms. The fourth-order valence-electron chi connectivity index (χ4n) is 2.83. The van der Waals surface area contributed by atoms with Crippen LogP contribution in [-0.4, -0.2) is 28.0 Å². The van der Waals surface area contributed by atoms with Crippen molar-refractivity contribution >= 4 is 33.5 Å². The van der Waals surface area contributed by atoms with Gasteiger partial charge in [-0.05, 0) is 65.7 Å². The van der Waals surface area contributed by atoms with Crippen molar-refractivity contribution in [3.63, 3.8) is 0 Å². The molecule has 0 atom stereocenters. The molecule has 0 saturated heterocycles. The van der Waals surface area contributed by atoms with Gasteiger partial charge in [-0.25, -0.2) is 0 Å². The Morgan fingerprint density at radius 3 is 2.59 bits per heavy atom. The summed E-state index contributed by atoms with van der Waals surface area (Å²) < 4.78 is 8.41. The van der Waals surface area contributed by atoms with Crippen molar-refractivity contribution in [3.8, 4) is 5.75 Å². The number of methoxy groups -OCH3 is 1. The molecule has 0 unspecified atom stereocenters. The molecular formula is C20H20BrN5O3. The lowest BCUT2D eigenvalue weighted by Gasteiger charge is -2.11. The zero-order chi connectivity index (χ0) is 21.0. The number of nitrogens with zero attached hydrogens (tertiary/aromatic N) is 4. The third-order valence-electron chi connectivity index (χ3n) is 4.40. The Balaban J connectivity index is 1.76. The average Bonchev–Trinajstić information content (AvgIpc) is 2.95. The van der Waals surface area contributed by atoms with E-state index in [0.717, 1.165) is 32.7 Å². The number of hydrogen-bond donors (Lipinski definition) is 1. The van der Waals surface area contributed by atoms with Crippen LogP contribution in [0.2, 0.25) is 0 Å². The molecule has 2 aromatic carbocycles. The maximum absolute atomic E-state index is 10.7. The van der Waals surface area contributed by atoms with Gasteiger partial charge in [0.05, 0.1) is 46.3 Å². The molecule has 0 radical (unpaired) electrons. The number of benzene rings is 2. The summed E-state index contributed by atoms with van der Waals surface area (Å²) in [6.07, 6.45) is 1.68. The highest BCUT2D eigenvalue weighted by Crippen LogP contribution is 2.24. The van der Waals surface area contributed by atoms with Crippen LogP contribution in [0.25, 0.3) is 0 Å². The van der Waals surface area contributed by atoms with Crippen molar-refractivity contribution in [1.29, 1.82) is 0 Å². The molecule has 0 aliphatic rings. The van der Waals surface area contributed by atoms with E-state index in [-0.39, 0.29) is 5.69 Å². The number of rotatable bonds is 7. The lowest BCUT2D eigenvalue weighted by molar-refractivity contribution is -0.384. The van der Waals surface area contributed by atoms with Crippen LogP contribution in [0.5, 0.6) is 5.75 Å². The molecular weight excluding hydrogens is 438 g/mol. The van der Waals surface area contributed by atoms with Gasteiger partial charge in [0.2, 0.25) is 0 Å². The average molecular weight is 458 g/mol. The third kappa shape index (κ3) is 4.80. The Kier molecular flexibility index (Phi) is 6.28. The zero-order valence-corrected chi connectivity index (χ0v) is 17.8. The predicted octanol–water partition coefficient (Wildman–Crippen LogP) is 4.67. The van der Waals surface area contributed by atoms with Crippen LogP contribution in [0.4, 0.5) is 11.4 Å². The Morgan fingerprint density at radius 2 is 2.00 bits per heavy atom. The monoisotopic (exact) mass is 457 g/mol. The topological polar surface area (TPSA) is 94.6 Å². The molecule has 150 valence electrons. The highest BCUT2D eigenvalue weighted by atomic mass is 79.9. The molecule has 0 fully saturated rings. The minimum absolute atomic E-state index is 0.0371. The van der Waals surface area contributed by atoms with Gasteiger partial charge in [-0.3, -0.25) is 20.2 Å². The second-order valence-electron chi connectivity index (χ2n) is 6.39. The Labute approximate surface area is 176 Å². The number of nitrogens with one attached hydrogen (secondary N) is 1. The zero-order valence-electron chi connectivity index (χ0n) is 16.2. The first-order chi connectivity index (χ1) is 13.9. The molecule has 1 heterocycles. The van der Waals surface area contributed by atoms with Gasteiger partial charge in [-0.1, -0.05) is 0 Å². The summed E-state index contributed by atoms with van der Waals surface area (Å²) in [6, 6.07) is 11.9. The second kappa shape index (κ2) is 8.87. The number of hydrogen-bond acceptors (Lipinski definition) is 6. The molecule has 3 rings (SSSR count). The van der Waals surface area contributed by atoms with E-state index in [1.54, 1.807) is 25.5 Å². The Hall–Kier alpha value is -3.20. The van der Waals surface area contributed by atoms with E-state index in [1.165, 1.54) is 12.1 Å². The smallest absolute Gasteiger partial charge is 0.269 e. The van der Waals surface area contributed by atoms with E-state index in [1.807, 2.05) is 36.7 Å². The molecule has 1 aromatic heterocycles. The quantitative estimate of drug-likeness (QED) is 0.315. The summed E-state index contributed by atoms with van der Waals surface area (Å²) >= 11 is 3.55. The van der Waals surface area contributed by atoms with Gasteiger partial charge in [0, 0.05) is 17.7 Å². The first kappa shape index (κ1) is 20.5. The summed E-state index contributed by atoms with van der Waals surface area (Å²) in [5.41, 5.74) is 7.41. The van der Waals surface area contributed by atoms with E-state index in [0.29, 0.717) is 12.2 Å². The Bertz CT molecular complexity index is 1060. The van der Waals surface area contributed by atoms with Gasteiger partial charge in [0.15, 0.2) is 0 Å². The van der Waals surface area contributed by atoms with Crippen LogP contribution in [-0.2, 0) is 6.54 Å². The fraction of sp³-hybridized carbons (Fsp3) is 0.200. The molecule has 8 nitrogen and oxygen atoms in total. The summed E-state index contributed by atoms with van der Waals surface area (Å²) in [6.45, 7) is 4.53. The summed E-state index contributed by atoms with van der Waals surface area (Å²) in [7, 11) is 1.64. The molecule has 29 heavy (non-hydrogen) atoms. The number of non-ortho nitro benzene ring substituents is 1. The van der Waals surface area contributed by atoms with Gasteiger partial charge < -0.3 is 4.74 Å². The minimum atomic E-state index is -0.437. The molecule has 0 aliphatic carbocycles. The van der Waals surface area contributed by atoms with Crippen LogP contribution in [0.3, 0.4) is 0 Å². The molecule has 0 saturated carbocycles. The number of aromatic nitrogens is 2. The standard InChI is InChI=1S/C20H20BrN5O3/c1-13-20(21)14(2)25(24-13)12-16-10-15(4-9-19(16)29-3)11-22-23-17-5-7-18(8-6-17)26(27)28/h4-11,23H,12H2,1-3H3/b22-11-. The Morgan fingerprint density at radius 1 is 1.28 bits per heavy atom. The van der Waals surface area contributed by atoms with Gasteiger partial charge in [-0.15, -0.1) is 0 Å². The van der Waals surface area contributed by atoms with Crippen LogP contribution in [0.15, 0.2) is 52.0 Å². The van der Waals surface area contributed by atoms with Gasteiger partial charge >= 0.3 is 0 Å². The largest absolute Gasteiger partial charge is 0.496 e. The van der Waals surface area contributed by atoms with Crippen LogP contribution in [0.1, 0.15) is 22.5 Å². The number of halogens is 1. The molecule has 3 aromatic rings. The van der Waals surface area contributed by atoms with Crippen molar-refractivity contribution in [2.45, 2.75) is 20.4 Å². The fourth-order valence-corrected chi connectivity index (χ4v) is 3.12. The molecule has 9 heteroatoms. The minimum Gasteiger partial charge on any atom is -0.496 e. The maximum Gasteiger partial charge on any atom is 0.269 e. The number of nitro groups is 1. The molecule has 1 N–H and O–H groups in total. The van der Waals surface area contributed by atoms with Gasteiger partial charge in [0.25, 0.3) is 5.69 Å². The van der Waals surface area contributed by atoms with Crippen molar-refractivity contribution in [2.75, 3.05) is 12.5 Å². The summed E-state index contributed by atoms with van der Waals surface area (Å²) in [4.78, 5) is 10.3. The van der Waals surface area contributed by atoms with Gasteiger partial charge in [0.1, 0.15) is 5.75 Å². The first-order valence-electron chi connectivity index (χ1n) is 8.79. The van der Waals surface area contributed by atoms with E-state index < -0.39 is 4.92 Å². The number of ether oxygens (including phenoxy) is 1. The summed E-state index contributed by atoms with van der Waals surface area (Å²) in [5, 5.41) is 19.5. The highest BCUT2D eigenvalue weighted by Gasteiger charge is 2.12. The summed E-state index contributed by atoms with van der Waals surface area (Å²) in [5.74, 6) is 0.772. The molecule has 0 spiro atoms. The maximum atomic E-state index is 10.7. The van der Waals surface area contributed by atoms with Crippen LogP contribution >= 0.6 is 15.9 Å². The van der Waals surface area contributed by atoms with Crippen molar-refractivity contribution < 1.29 is 9.66 Å². The third-order valence-corrected chi connectivity index (χ3v) is 5.55. The molecule has 0 amide bonds. The normalized spacial score (nSPS) is 11.0. The van der Waals surface area contributed by atoms with Crippen molar-refractivity contribution in [2.24, 2.45) is 5.10 Å². The van der Waals surface area contributed by atoms with Crippen molar-refractivity contribution in [3.05, 3.63) is 79.6 Å². The van der Waals surface area contributed by atoms with E-state index in [4.69, 9.17) is 4.74 Å². The number of nitro benzene ring substituents is 1.